The van der Waals surface area contributed by atoms with Crippen LogP contribution in [0.4, 0.5) is 8.78 Å². The first kappa shape index (κ1) is 38.8. The molecular weight excluding hydrogens is 711 g/mol. The maximum atomic E-state index is 13.7. The maximum Gasteiger partial charge on any atom is 0.294 e. The highest BCUT2D eigenvalue weighted by atomic mass is 32.2. The Morgan fingerprint density at radius 1 is 1.00 bits per heavy atom. The van der Waals surface area contributed by atoms with Crippen molar-refractivity contribution >= 4 is 38.7 Å². The van der Waals surface area contributed by atoms with Crippen LogP contribution in [0.3, 0.4) is 0 Å². The molecular formula is C36H38F2N8O6S. The SMILES string of the molecule is Cc1ccc(S(=O)(=O)O)cc1.N#C[C@@H]1CC(F)(F)CN1C(=O)CNC(=O)c1ccnc2ccc(-c3ccc(C(=O)NCCN4CCNCC4)nc3)cc12. The Balaban J connectivity index is 0.000000422. The average Bonchev–Trinajstić information content (AvgIpc) is 3.48. The number of aromatic nitrogens is 2. The molecule has 2 fully saturated rings. The van der Waals surface area contributed by atoms with E-state index in [1.54, 1.807) is 48.7 Å². The second-order valence-corrected chi connectivity index (χ2v) is 14.0. The summed E-state index contributed by atoms with van der Waals surface area (Å²) < 4.78 is 57.0. The van der Waals surface area contributed by atoms with E-state index in [0.29, 0.717) is 23.1 Å². The summed E-state index contributed by atoms with van der Waals surface area (Å²) in [7, 11) is -4.02. The van der Waals surface area contributed by atoms with E-state index >= 15 is 0 Å². The zero-order chi connectivity index (χ0) is 38.2. The van der Waals surface area contributed by atoms with E-state index < -0.39 is 53.4 Å². The number of hydrogen-bond acceptors (Lipinski definition) is 10. The van der Waals surface area contributed by atoms with Crippen LogP contribution in [-0.4, -0.2) is 115 Å². The minimum Gasteiger partial charge on any atom is -0.349 e. The molecule has 0 radical (unpaired) electrons. The number of fused-ring (bicyclic) bond motifs is 1. The number of nitrogens with zero attached hydrogens (tertiary/aromatic N) is 5. The smallest absolute Gasteiger partial charge is 0.294 e. The van der Waals surface area contributed by atoms with E-state index in [4.69, 9.17) is 9.81 Å². The number of amides is 3. The van der Waals surface area contributed by atoms with Crippen molar-refractivity contribution in [2.75, 3.05) is 52.4 Å². The van der Waals surface area contributed by atoms with Crippen LogP contribution in [0, 0.1) is 18.3 Å². The molecule has 0 spiro atoms. The summed E-state index contributed by atoms with van der Waals surface area (Å²) >= 11 is 0. The van der Waals surface area contributed by atoms with Gasteiger partial charge in [0.25, 0.3) is 27.9 Å². The quantitative estimate of drug-likeness (QED) is 0.184. The van der Waals surface area contributed by atoms with Gasteiger partial charge >= 0.3 is 0 Å². The van der Waals surface area contributed by atoms with Crippen molar-refractivity contribution < 1.29 is 36.1 Å². The van der Waals surface area contributed by atoms with Gasteiger partial charge in [-0.2, -0.15) is 13.7 Å². The van der Waals surface area contributed by atoms with E-state index in [0.717, 1.165) is 54.3 Å². The summed E-state index contributed by atoms with van der Waals surface area (Å²) in [4.78, 5) is 49.7. The third-order valence-electron chi connectivity index (χ3n) is 8.70. The first-order valence-corrected chi connectivity index (χ1v) is 18.1. The first-order chi connectivity index (χ1) is 25.2. The number of benzene rings is 2. The topological polar surface area (TPSA) is 198 Å². The predicted octanol–water partition coefficient (Wildman–Crippen LogP) is 2.66. The third kappa shape index (κ3) is 10.4. The fraction of sp³-hybridized carbons (Fsp3) is 0.333. The maximum absolute atomic E-state index is 13.7. The van der Waals surface area contributed by atoms with Gasteiger partial charge in [0.1, 0.15) is 11.7 Å². The highest BCUT2D eigenvalue weighted by Crippen LogP contribution is 2.31. The van der Waals surface area contributed by atoms with Crippen molar-refractivity contribution in [3.8, 4) is 17.2 Å². The number of aryl methyl sites for hydroxylation is 1. The van der Waals surface area contributed by atoms with Crippen molar-refractivity contribution in [2.45, 2.75) is 30.2 Å². The lowest BCUT2D eigenvalue weighted by molar-refractivity contribution is -0.131. The number of piperazine rings is 1. The lowest BCUT2D eigenvalue weighted by atomic mass is 10.0. The Morgan fingerprint density at radius 3 is 2.38 bits per heavy atom. The second kappa shape index (κ2) is 16.9. The molecule has 2 aromatic heterocycles. The molecule has 2 aromatic carbocycles. The molecule has 6 rings (SSSR count). The Kier molecular flexibility index (Phi) is 12.4. The molecule has 53 heavy (non-hydrogen) atoms. The molecule has 0 unspecified atom stereocenters. The Bertz CT molecular complexity index is 2110. The van der Waals surface area contributed by atoms with Gasteiger partial charge < -0.3 is 20.9 Å². The van der Waals surface area contributed by atoms with Crippen molar-refractivity contribution in [3.63, 3.8) is 0 Å². The lowest BCUT2D eigenvalue weighted by Gasteiger charge is -2.27. The summed E-state index contributed by atoms with van der Waals surface area (Å²) in [6.07, 6.45) is 2.32. The molecule has 2 aliphatic rings. The van der Waals surface area contributed by atoms with Gasteiger partial charge in [0.15, 0.2) is 0 Å². The van der Waals surface area contributed by atoms with Gasteiger partial charge in [0, 0.05) is 69.0 Å². The number of nitriles is 1. The fourth-order valence-corrected chi connectivity index (χ4v) is 6.31. The van der Waals surface area contributed by atoms with Crippen LogP contribution >= 0.6 is 0 Å². The summed E-state index contributed by atoms with van der Waals surface area (Å²) in [6, 6.07) is 16.7. The van der Waals surface area contributed by atoms with Gasteiger partial charge in [-0.25, -0.2) is 8.78 Å². The summed E-state index contributed by atoms with van der Waals surface area (Å²) in [5.74, 6) is -4.74. The number of halogens is 2. The van der Waals surface area contributed by atoms with Gasteiger partial charge in [-0.05, 0) is 48.9 Å². The number of carbonyl (C=O) groups is 3. The van der Waals surface area contributed by atoms with Crippen LogP contribution in [0.1, 0.15) is 32.8 Å². The average molecular weight is 749 g/mol. The van der Waals surface area contributed by atoms with Crippen LogP contribution < -0.4 is 16.0 Å². The molecule has 4 aromatic rings. The van der Waals surface area contributed by atoms with Crippen LogP contribution in [0.15, 0.2) is 78.0 Å². The third-order valence-corrected chi connectivity index (χ3v) is 9.56. The van der Waals surface area contributed by atoms with Crippen molar-refractivity contribution in [1.29, 1.82) is 5.26 Å². The zero-order valence-corrected chi connectivity index (χ0v) is 29.6. The molecule has 4 N–H and O–H groups in total. The van der Waals surface area contributed by atoms with Gasteiger partial charge in [-0.3, -0.25) is 33.8 Å². The number of alkyl halides is 2. The van der Waals surface area contributed by atoms with E-state index in [1.165, 1.54) is 24.4 Å². The van der Waals surface area contributed by atoms with Gasteiger partial charge in [-0.1, -0.05) is 29.8 Å². The standard InChI is InChI=1S/C29H30F2N8O3.C7H8O3S/c30-29(31)14-21(15-32)39(18-29)26(40)17-37-27(41)22-5-6-34-24-3-1-19(13-23(22)24)20-2-4-25(36-16-20)28(42)35-9-12-38-10-7-33-8-11-38;1-6-2-4-7(5-3-6)11(8,9)10/h1-6,13,16,21,33H,7-12,14,17-18H2,(H,35,42)(H,37,41);2-5H,1H3,(H,8,9,10)/t21-;/m0./s1. The molecule has 14 nitrogen and oxygen atoms in total. The van der Waals surface area contributed by atoms with Crippen molar-refractivity contribution in [1.82, 2.24) is 35.7 Å². The number of hydrogen-bond donors (Lipinski definition) is 4. The van der Waals surface area contributed by atoms with Gasteiger partial charge in [-0.15, -0.1) is 0 Å². The zero-order valence-electron chi connectivity index (χ0n) is 28.8. The molecule has 2 aliphatic heterocycles. The van der Waals surface area contributed by atoms with Crippen LogP contribution in [0.2, 0.25) is 0 Å². The molecule has 17 heteroatoms. The number of likely N-dealkylation sites (tertiary alicyclic amines) is 1. The van der Waals surface area contributed by atoms with Crippen LogP contribution in [0.25, 0.3) is 22.0 Å². The highest BCUT2D eigenvalue weighted by molar-refractivity contribution is 7.85. The number of carbonyl (C=O) groups excluding carboxylic acids is 3. The molecule has 0 aliphatic carbocycles. The van der Waals surface area contributed by atoms with E-state index in [9.17, 15) is 31.6 Å². The van der Waals surface area contributed by atoms with Crippen molar-refractivity contribution in [3.05, 3.63) is 89.9 Å². The van der Waals surface area contributed by atoms with E-state index in [-0.39, 0.29) is 16.4 Å². The van der Waals surface area contributed by atoms with E-state index in [2.05, 4.69) is 30.8 Å². The normalized spacial score (nSPS) is 17.0. The first-order valence-electron chi connectivity index (χ1n) is 16.7. The molecule has 2 saturated heterocycles. The van der Waals surface area contributed by atoms with Crippen LogP contribution in [0.5, 0.6) is 0 Å². The number of rotatable bonds is 9. The minimum absolute atomic E-state index is 0.0666. The molecule has 3 amide bonds. The Hall–Kier alpha value is -5.41. The Morgan fingerprint density at radius 2 is 1.72 bits per heavy atom. The second-order valence-electron chi connectivity index (χ2n) is 12.6. The monoisotopic (exact) mass is 748 g/mol. The largest absolute Gasteiger partial charge is 0.349 e. The molecule has 1 atom stereocenters. The summed E-state index contributed by atoms with van der Waals surface area (Å²) in [6.45, 7) is 5.55. The molecule has 0 bridgehead atoms. The van der Waals surface area contributed by atoms with Crippen LogP contribution in [-0.2, 0) is 14.9 Å². The summed E-state index contributed by atoms with van der Waals surface area (Å²) in [5.41, 5.74) is 3.48. The summed E-state index contributed by atoms with van der Waals surface area (Å²) in [5, 5.41) is 18.3. The fourth-order valence-electron chi connectivity index (χ4n) is 5.83. The lowest BCUT2D eigenvalue weighted by Crippen LogP contribution is -2.46. The molecule has 4 heterocycles. The van der Waals surface area contributed by atoms with Gasteiger partial charge in [0.2, 0.25) is 5.91 Å². The molecule has 0 saturated carbocycles. The predicted molar refractivity (Wildman–Crippen MR) is 191 cm³/mol. The Labute approximate surface area is 305 Å². The number of nitrogens with one attached hydrogen (secondary N) is 3. The highest BCUT2D eigenvalue weighted by Gasteiger charge is 2.47. The molecule has 278 valence electrons. The van der Waals surface area contributed by atoms with E-state index in [1.807, 2.05) is 13.0 Å². The minimum atomic E-state index is -4.02. The van der Waals surface area contributed by atoms with Crippen molar-refractivity contribution in [2.24, 2.45) is 0 Å². The van der Waals surface area contributed by atoms with Gasteiger partial charge in [0.05, 0.1) is 35.1 Å². The number of pyridine rings is 2.